The van der Waals surface area contributed by atoms with Gasteiger partial charge in [0.05, 0.1) is 6.42 Å². The van der Waals surface area contributed by atoms with Gasteiger partial charge in [-0.2, -0.15) is 0 Å². The zero-order valence-electron chi connectivity index (χ0n) is 16.6. The highest BCUT2D eigenvalue weighted by molar-refractivity contribution is 5.97. The van der Waals surface area contributed by atoms with E-state index in [0.29, 0.717) is 32.6 Å². The number of hydrogen-bond donors (Lipinski definition) is 1. The average molecular weight is 387 g/mol. The first-order chi connectivity index (χ1) is 14.1. The molecular weight excluding hydrogens is 362 g/mol. The van der Waals surface area contributed by atoms with Crippen LogP contribution in [0.2, 0.25) is 0 Å². The number of piperazine rings is 1. The van der Waals surface area contributed by atoms with Gasteiger partial charge in [-0.25, -0.2) is 0 Å². The minimum absolute atomic E-state index is 0.0394. The quantitative estimate of drug-likeness (QED) is 0.697. The molecule has 1 saturated heterocycles. The van der Waals surface area contributed by atoms with Crippen LogP contribution in [0.3, 0.4) is 0 Å². The van der Waals surface area contributed by atoms with E-state index in [0.717, 1.165) is 27.6 Å². The number of rotatable bonds is 4. The van der Waals surface area contributed by atoms with Crippen LogP contribution in [0.25, 0.3) is 17.0 Å². The molecule has 0 radical (unpaired) electrons. The molecule has 2 amide bonds. The Morgan fingerprint density at radius 3 is 2.34 bits per heavy atom. The van der Waals surface area contributed by atoms with Gasteiger partial charge in [0.2, 0.25) is 11.8 Å². The summed E-state index contributed by atoms with van der Waals surface area (Å²) in [5.74, 6) is 0.149. The van der Waals surface area contributed by atoms with Crippen LogP contribution in [0.15, 0.2) is 66.4 Å². The van der Waals surface area contributed by atoms with Gasteiger partial charge in [-0.15, -0.1) is 0 Å². The highest BCUT2D eigenvalue weighted by Crippen LogP contribution is 2.19. The predicted molar refractivity (Wildman–Crippen MR) is 115 cm³/mol. The van der Waals surface area contributed by atoms with Crippen molar-refractivity contribution in [1.82, 2.24) is 14.8 Å². The van der Waals surface area contributed by atoms with Gasteiger partial charge in [-0.05, 0) is 30.2 Å². The Kier molecular flexibility index (Phi) is 5.47. The number of nitrogens with one attached hydrogen (secondary N) is 1. The van der Waals surface area contributed by atoms with E-state index >= 15 is 0 Å². The van der Waals surface area contributed by atoms with Crippen LogP contribution in [0, 0.1) is 0 Å². The molecule has 5 nitrogen and oxygen atoms in total. The summed E-state index contributed by atoms with van der Waals surface area (Å²) in [6, 6.07) is 17.9. The van der Waals surface area contributed by atoms with Crippen LogP contribution >= 0.6 is 0 Å². The highest BCUT2D eigenvalue weighted by atomic mass is 16.2. The maximum atomic E-state index is 12.8. The monoisotopic (exact) mass is 387 g/mol. The number of nitrogens with zero attached hydrogens (tertiary/aromatic N) is 2. The molecule has 2 aromatic carbocycles. The molecule has 2 heterocycles. The van der Waals surface area contributed by atoms with E-state index in [9.17, 15) is 9.59 Å². The fourth-order valence-electron chi connectivity index (χ4n) is 3.82. The Labute approximate surface area is 170 Å². The molecule has 1 N–H and O–H groups in total. The van der Waals surface area contributed by atoms with Crippen LogP contribution in [-0.2, 0) is 16.0 Å². The number of aromatic amines is 1. The minimum Gasteiger partial charge on any atom is -0.361 e. The fourth-order valence-corrected chi connectivity index (χ4v) is 3.82. The number of fused-ring (bicyclic) bond motifs is 1. The number of carbonyl (C=O) groups is 2. The van der Waals surface area contributed by atoms with Crippen LogP contribution in [0.4, 0.5) is 0 Å². The Hall–Kier alpha value is -3.34. The maximum absolute atomic E-state index is 12.8. The van der Waals surface area contributed by atoms with Crippen LogP contribution in [0.1, 0.15) is 18.1 Å². The number of amides is 2. The molecule has 4 rings (SSSR count). The molecular formula is C24H25N3O2. The van der Waals surface area contributed by atoms with E-state index in [1.54, 1.807) is 0 Å². The number of hydrogen-bond acceptors (Lipinski definition) is 2. The first-order valence-electron chi connectivity index (χ1n) is 9.97. The molecule has 0 saturated carbocycles. The Balaban J connectivity index is 1.34. The van der Waals surface area contributed by atoms with E-state index in [4.69, 9.17) is 0 Å². The molecule has 148 valence electrons. The molecule has 0 unspecified atom stereocenters. The Morgan fingerprint density at radius 2 is 1.59 bits per heavy atom. The third kappa shape index (κ3) is 4.24. The van der Waals surface area contributed by atoms with Gasteiger partial charge in [0, 0.05) is 48.9 Å². The normalized spacial score (nSPS) is 15.0. The molecule has 1 aliphatic rings. The van der Waals surface area contributed by atoms with E-state index in [-0.39, 0.29) is 11.8 Å². The summed E-state index contributed by atoms with van der Waals surface area (Å²) in [6.45, 7) is 4.14. The van der Waals surface area contributed by atoms with Crippen molar-refractivity contribution in [2.45, 2.75) is 13.3 Å². The molecule has 1 fully saturated rings. The third-order valence-electron chi connectivity index (χ3n) is 5.46. The van der Waals surface area contributed by atoms with Gasteiger partial charge in [0.15, 0.2) is 0 Å². The lowest BCUT2D eigenvalue weighted by atomic mass is 10.1. The van der Waals surface area contributed by atoms with E-state index in [2.05, 4.69) is 4.98 Å². The zero-order chi connectivity index (χ0) is 20.2. The first kappa shape index (κ1) is 19.0. The maximum Gasteiger partial charge on any atom is 0.249 e. The topological polar surface area (TPSA) is 56.4 Å². The molecule has 29 heavy (non-hydrogen) atoms. The Morgan fingerprint density at radius 1 is 0.931 bits per heavy atom. The van der Waals surface area contributed by atoms with Crippen molar-refractivity contribution in [2.24, 2.45) is 0 Å². The molecule has 0 atom stereocenters. The van der Waals surface area contributed by atoms with Gasteiger partial charge >= 0.3 is 0 Å². The standard InChI is InChI=1S/C24H25N3O2/c1-18(15-19-7-3-2-4-8-19)24(29)27-13-11-26(12-14-27)23(28)16-20-17-25-22-10-6-5-9-21(20)22/h2-10,15,17,25H,11-14,16H2,1H3/b18-15+. The summed E-state index contributed by atoms with van der Waals surface area (Å²) in [5, 5.41) is 1.09. The minimum atomic E-state index is 0.0394. The lowest BCUT2D eigenvalue weighted by molar-refractivity contribution is -0.137. The van der Waals surface area contributed by atoms with Gasteiger partial charge in [-0.3, -0.25) is 9.59 Å². The van der Waals surface area contributed by atoms with E-state index in [1.807, 2.05) is 83.6 Å². The smallest absolute Gasteiger partial charge is 0.249 e. The van der Waals surface area contributed by atoms with Gasteiger partial charge in [-0.1, -0.05) is 48.5 Å². The number of H-pyrrole nitrogens is 1. The number of para-hydroxylation sites is 1. The summed E-state index contributed by atoms with van der Waals surface area (Å²) in [7, 11) is 0. The van der Waals surface area contributed by atoms with Crippen LogP contribution < -0.4 is 0 Å². The molecule has 0 bridgehead atoms. The van der Waals surface area contributed by atoms with Crippen molar-refractivity contribution in [1.29, 1.82) is 0 Å². The second kappa shape index (κ2) is 8.35. The van der Waals surface area contributed by atoms with E-state index in [1.165, 1.54) is 0 Å². The highest BCUT2D eigenvalue weighted by Gasteiger charge is 2.25. The number of benzene rings is 2. The average Bonchev–Trinajstić information content (AvgIpc) is 3.17. The van der Waals surface area contributed by atoms with E-state index < -0.39 is 0 Å². The predicted octanol–water partition coefficient (Wildman–Crippen LogP) is 3.48. The van der Waals surface area contributed by atoms with Crippen molar-refractivity contribution in [3.8, 4) is 0 Å². The lowest BCUT2D eigenvalue weighted by Gasteiger charge is -2.35. The van der Waals surface area contributed by atoms with Crippen molar-refractivity contribution < 1.29 is 9.59 Å². The molecule has 0 spiro atoms. The van der Waals surface area contributed by atoms with Gasteiger partial charge in [0.25, 0.3) is 0 Å². The summed E-state index contributed by atoms with van der Waals surface area (Å²) in [6.07, 6.45) is 4.21. The molecule has 1 aliphatic heterocycles. The third-order valence-corrected chi connectivity index (χ3v) is 5.46. The summed E-state index contributed by atoms with van der Waals surface area (Å²) >= 11 is 0. The SMILES string of the molecule is C/C(=C\c1ccccc1)C(=O)N1CCN(C(=O)Cc2c[nH]c3ccccc23)CC1. The van der Waals surface area contributed by atoms with Gasteiger partial charge < -0.3 is 14.8 Å². The molecule has 5 heteroatoms. The largest absolute Gasteiger partial charge is 0.361 e. The molecule has 1 aromatic heterocycles. The summed E-state index contributed by atoms with van der Waals surface area (Å²) < 4.78 is 0. The summed E-state index contributed by atoms with van der Waals surface area (Å²) in [5.41, 5.74) is 3.80. The van der Waals surface area contributed by atoms with Crippen molar-refractivity contribution >= 4 is 28.8 Å². The first-order valence-corrected chi connectivity index (χ1v) is 9.97. The van der Waals surface area contributed by atoms with Crippen molar-refractivity contribution in [2.75, 3.05) is 26.2 Å². The second-order valence-electron chi connectivity index (χ2n) is 7.45. The molecule has 3 aromatic rings. The lowest BCUT2D eigenvalue weighted by Crippen LogP contribution is -2.51. The van der Waals surface area contributed by atoms with Crippen LogP contribution in [-0.4, -0.2) is 52.8 Å². The van der Waals surface area contributed by atoms with Gasteiger partial charge in [0.1, 0.15) is 0 Å². The van der Waals surface area contributed by atoms with Crippen molar-refractivity contribution in [3.63, 3.8) is 0 Å². The number of carbonyl (C=O) groups excluding carboxylic acids is 2. The number of aromatic nitrogens is 1. The van der Waals surface area contributed by atoms with Crippen LogP contribution in [0.5, 0.6) is 0 Å². The summed E-state index contributed by atoms with van der Waals surface area (Å²) in [4.78, 5) is 32.4. The molecule has 0 aliphatic carbocycles. The van der Waals surface area contributed by atoms with Crippen molar-refractivity contribution in [3.05, 3.63) is 77.5 Å². The fraction of sp³-hybridized carbons (Fsp3) is 0.250. The Bertz CT molecular complexity index is 1040. The second-order valence-corrected chi connectivity index (χ2v) is 7.45. The zero-order valence-corrected chi connectivity index (χ0v) is 16.6.